The normalized spacial score (nSPS) is 16.6. The molecule has 0 aromatic carbocycles. The summed E-state index contributed by atoms with van der Waals surface area (Å²) in [4.78, 5) is 26.3. The van der Waals surface area contributed by atoms with Crippen LogP contribution in [0.2, 0.25) is 0 Å². The van der Waals surface area contributed by atoms with Gasteiger partial charge in [0.1, 0.15) is 12.4 Å². The Balaban J connectivity index is 3.80. The molecular formula is C5H11O7P. The fourth-order valence-electron chi connectivity index (χ4n) is 0.540. The van der Waals surface area contributed by atoms with E-state index >= 15 is 0 Å². The van der Waals surface area contributed by atoms with E-state index in [1.54, 1.807) is 0 Å². The van der Waals surface area contributed by atoms with Crippen LogP contribution in [-0.2, 0) is 13.9 Å². The molecule has 0 aliphatic rings. The Morgan fingerprint density at radius 1 is 1.31 bits per heavy atom. The highest BCUT2D eigenvalue weighted by Gasteiger charge is 2.21. The standard InChI is InChI=1S/C5H11O7P/c6-2-1-4(7)5(8)3-12-13(9,10)11/h2,4-5,7-8H,1,3H2,(H2,9,10,11)/t4-,5-/m0/s1. The lowest BCUT2D eigenvalue weighted by atomic mass is 10.2. The first-order valence-corrected chi connectivity index (χ1v) is 4.89. The number of rotatable bonds is 6. The monoisotopic (exact) mass is 214 g/mol. The minimum absolute atomic E-state index is 0.314. The van der Waals surface area contributed by atoms with Crippen LogP contribution in [0.3, 0.4) is 0 Å². The van der Waals surface area contributed by atoms with Gasteiger partial charge in [-0.1, -0.05) is 0 Å². The molecule has 0 bridgehead atoms. The van der Waals surface area contributed by atoms with Gasteiger partial charge in [-0.05, 0) is 0 Å². The number of aliphatic hydroxyl groups is 2. The second kappa shape index (κ2) is 5.43. The molecule has 78 valence electrons. The van der Waals surface area contributed by atoms with Gasteiger partial charge in [0.25, 0.3) is 0 Å². The maximum atomic E-state index is 10.1. The first-order valence-electron chi connectivity index (χ1n) is 3.36. The molecule has 0 aliphatic carbocycles. The zero-order valence-corrected chi connectivity index (χ0v) is 7.50. The molecule has 0 saturated heterocycles. The lowest BCUT2D eigenvalue weighted by molar-refractivity contribution is -0.111. The minimum Gasteiger partial charge on any atom is -0.390 e. The zero-order valence-electron chi connectivity index (χ0n) is 6.61. The van der Waals surface area contributed by atoms with E-state index in [0.717, 1.165) is 0 Å². The number of carbonyl (C=O) groups excluding carboxylic acids is 1. The second-order valence-electron chi connectivity index (χ2n) is 2.32. The van der Waals surface area contributed by atoms with Crippen LogP contribution < -0.4 is 0 Å². The van der Waals surface area contributed by atoms with Crippen LogP contribution in [0.25, 0.3) is 0 Å². The summed E-state index contributed by atoms with van der Waals surface area (Å²) in [6.45, 7) is -0.723. The van der Waals surface area contributed by atoms with Gasteiger partial charge in [0.2, 0.25) is 0 Å². The summed E-state index contributed by atoms with van der Waals surface area (Å²) in [6.07, 6.45) is -2.79. The van der Waals surface area contributed by atoms with Gasteiger partial charge in [0, 0.05) is 6.42 Å². The van der Waals surface area contributed by atoms with E-state index < -0.39 is 26.6 Å². The number of aldehydes is 1. The average Bonchev–Trinajstić information content (AvgIpc) is 1.99. The smallest absolute Gasteiger partial charge is 0.390 e. The molecule has 0 aromatic heterocycles. The SMILES string of the molecule is O=CC[C@H](O)[C@@H](O)COP(=O)(O)O. The maximum Gasteiger partial charge on any atom is 0.469 e. The van der Waals surface area contributed by atoms with Crippen molar-refractivity contribution >= 4 is 14.1 Å². The molecule has 0 spiro atoms. The van der Waals surface area contributed by atoms with E-state index in [9.17, 15) is 9.36 Å². The van der Waals surface area contributed by atoms with Crippen LogP contribution in [-0.4, -0.2) is 45.1 Å². The summed E-state index contributed by atoms with van der Waals surface area (Å²) >= 11 is 0. The molecular weight excluding hydrogens is 203 g/mol. The molecule has 0 aromatic rings. The van der Waals surface area contributed by atoms with Gasteiger partial charge in [-0.3, -0.25) is 4.52 Å². The van der Waals surface area contributed by atoms with Crippen LogP contribution in [0, 0.1) is 0 Å². The first-order chi connectivity index (χ1) is 5.87. The third-order valence-electron chi connectivity index (χ3n) is 1.20. The maximum absolute atomic E-state index is 10.1. The first kappa shape index (κ1) is 12.7. The third-order valence-corrected chi connectivity index (χ3v) is 1.68. The average molecular weight is 214 g/mol. The van der Waals surface area contributed by atoms with E-state index in [-0.39, 0.29) is 6.42 Å². The molecule has 0 heterocycles. The van der Waals surface area contributed by atoms with E-state index in [4.69, 9.17) is 20.0 Å². The van der Waals surface area contributed by atoms with E-state index in [1.807, 2.05) is 0 Å². The van der Waals surface area contributed by atoms with Gasteiger partial charge in [0.15, 0.2) is 0 Å². The predicted octanol–water partition coefficient (Wildman–Crippen LogP) is -1.59. The summed E-state index contributed by atoms with van der Waals surface area (Å²) in [5.74, 6) is 0. The van der Waals surface area contributed by atoms with Crippen LogP contribution in [0.1, 0.15) is 6.42 Å². The van der Waals surface area contributed by atoms with Crippen LogP contribution in [0.15, 0.2) is 0 Å². The number of carbonyl (C=O) groups is 1. The Morgan fingerprint density at radius 3 is 2.23 bits per heavy atom. The molecule has 0 saturated carbocycles. The Hall–Kier alpha value is -0.300. The third kappa shape index (κ3) is 6.83. The number of hydrogen-bond acceptors (Lipinski definition) is 5. The molecule has 0 unspecified atom stereocenters. The quantitative estimate of drug-likeness (QED) is 0.310. The summed E-state index contributed by atoms with van der Waals surface area (Å²) in [5, 5.41) is 17.8. The van der Waals surface area contributed by atoms with Gasteiger partial charge in [-0.2, -0.15) is 0 Å². The van der Waals surface area contributed by atoms with Crippen molar-refractivity contribution in [3.8, 4) is 0 Å². The molecule has 7 nitrogen and oxygen atoms in total. The van der Waals surface area contributed by atoms with Crippen LogP contribution >= 0.6 is 7.82 Å². The van der Waals surface area contributed by atoms with Crippen molar-refractivity contribution in [1.29, 1.82) is 0 Å². The largest absolute Gasteiger partial charge is 0.469 e. The summed E-state index contributed by atoms with van der Waals surface area (Å²) in [6, 6.07) is 0. The van der Waals surface area contributed by atoms with Crippen LogP contribution in [0.4, 0.5) is 0 Å². The summed E-state index contributed by atoms with van der Waals surface area (Å²) in [5.41, 5.74) is 0. The highest BCUT2D eigenvalue weighted by Crippen LogP contribution is 2.35. The fourth-order valence-corrected chi connectivity index (χ4v) is 0.887. The number of aliphatic hydroxyl groups excluding tert-OH is 2. The molecule has 2 atom stereocenters. The molecule has 0 radical (unpaired) electrons. The molecule has 13 heavy (non-hydrogen) atoms. The van der Waals surface area contributed by atoms with E-state index in [0.29, 0.717) is 6.29 Å². The molecule has 0 rings (SSSR count). The van der Waals surface area contributed by atoms with Gasteiger partial charge in [0.05, 0.1) is 12.7 Å². The number of hydrogen-bond donors (Lipinski definition) is 4. The van der Waals surface area contributed by atoms with E-state index in [2.05, 4.69) is 4.52 Å². The highest BCUT2D eigenvalue weighted by molar-refractivity contribution is 7.46. The molecule has 8 heteroatoms. The predicted molar refractivity (Wildman–Crippen MR) is 40.7 cm³/mol. The number of phosphoric acid groups is 1. The summed E-state index contributed by atoms with van der Waals surface area (Å²) in [7, 11) is -4.64. The highest BCUT2D eigenvalue weighted by atomic mass is 31.2. The topological polar surface area (TPSA) is 124 Å². The molecule has 4 N–H and O–H groups in total. The lowest BCUT2D eigenvalue weighted by Gasteiger charge is -2.15. The Labute approximate surface area is 74.2 Å². The Morgan fingerprint density at radius 2 is 1.85 bits per heavy atom. The van der Waals surface area contributed by atoms with E-state index in [1.165, 1.54) is 0 Å². The minimum atomic E-state index is -4.64. The second-order valence-corrected chi connectivity index (χ2v) is 3.56. The van der Waals surface area contributed by atoms with Crippen LogP contribution in [0.5, 0.6) is 0 Å². The van der Waals surface area contributed by atoms with Crippen molar-refractivity contribution in [3.05, 3.63) is 0 Å². The van der Waals surface area contributed by atoms with Crippen molar-refractivity contribution in [1.82, 2.24) is 0 Å². The van der Waals surface area contributed by atoms with Gasteiger partial charge >= 0.3 is 7.82 Å². The van der Waals surface area contributed by atoms with Crippen molar-refractivity contribution in [2.75, 3.05) is 6.61 Å². The fraction of sp³-hybridized carbons (Fsp3) is 0.800. The lowest BCUT2D eigenvalue weighted by Crippen LogP contribution is -2.30. The Bertz CT molecular complexity index is 199. The zero-order chi connectivity index (χ0) is 10.5. The molecule has 0 amide bonds. The van der Waals surface area contributed by atoms with Gasteiger partial charge in [-0.15, -0.1) is 0 Å². The molecule has 0 fully saturated rings. The van der Waals surface area contributed by atoms with Crippen molar-refractivity contribution in [2.45, 2.75) is 18.6 Å². The molecule has 0 aliphatic heterocycles. The van der Waals surface area contributed by atoms with Crippen molar-refractivity contribution in [2.24, 2.45) is 0 Å². The van der Waals surface area contributed by atoms with Gasteiger partial charge in [-0.25, -0.2) is 4.57 Å². The number of phosphoric ester groups is 1. The van der Waals surface area contributed by atoms with Crippen molar-refractivity contribution in [3.63, 3.8) is 0 Å². The summed E-state index contributed by atoms with van der Waals surface area (Å²) < 4.78 is 14.0. The van der Waals surface area contributed by atoms with Gasteiger partial charge < -0.3 is 24.8 Å². The van der Waals surface area contributed by atoms with Crippen molar-refractivity contribution < 1.29 is 33.9 Å². The Kier molecular flexibility index (Phi) is 5.31.